The summed E-state index contributed by atoms with van der Waals surface area (Å²) in [5, 5.41) is 0. The van der Waals surface area contributed by atoms with E-state index in [2.05, 4.69) is 15.0 Å². The standard InChI is InChI=1S/C14H16N4O3/c1-9-12(21-8-16-9)13(19)18-6-2-3-10(7-18)11-4-5-15-14(20)17-11/h4-5,8,10H,2-3,6-7H2,1H3,(H,15,17,20)/t10-/m1/s1. The van der Waals surface area contributed by atoms with E-state index in [9.17, 15) is 9.59 Å². The van der Waals surface area contributed by atoms with Crippen LogP contribution in [0.3, 0.4) is 0 Å². The Balaban J connectivity index is 1.79. The first-order valence-electron chi connectivity index (χ1n) is 6.89. The van der Waals surface area contributed by atoms with Crippen molar-refractivity contribution in [2.45, 2.75) is 25.7 Å². The number of oxazole rings is 1. The molecule has 1 N–H and O–H groups in total. The van der Waals surface area contributed by atoms with Crippen molar-refractivity contribution in [3.05, 3.63) is 46.3 Å². The molecule has 0 radical (unpaired) electrons. The van der Waals surface area contributed by atoms with E-state index in [4.69, 9.17) is 4.42 Å². The lowest BCUT2D eigenvalue weighted by Crippen LogP contribution is -2.39. The number of carbonyl (C=O) groups is 1. The molecular weight excluding hydrogens is 272 g/mol. The van der Waals surface area contributed by atoms with Gasteiger partial charge in [0.25, 0.3) is 5.91 Å². The average molecular weight is 288 g/mol. The van der Waals surface area contributed by atoms with E-state index < -0.39 is 0 Å². The number of H-pyrrole nitrogens is 1. The Hall–Kier alpha value is -2.44. The van der Waals surface area contributed by atoms with E-state index in [1.54, 1.807) is 17.9 Å². The normalized spacial score (nSPS) is 18.7. The molecular formula is C14H16N4O3. The van der Waals surface area contributed by atoms with Crippen molar-refractivity contribution in [2.24, 2.45) is 0 Å². The highest BCUT2D eigenvalue weighted by atomic mass is 16.3. The van der Waals surface area contributed by atoms with Crippen LogP contribution in [0.25, 0.3) is 0 Å². The molecule has 0 aromatic carbocycles. The summed E-state index contributed by atoms with van der Waals surface area (Å²) >= 11 is 0. The maximum atomic E-state index is 12.4. The third kappa shape index (κ3) is 2.72. The zero-order chi connectivity index (χ0) is 14.8. The molecule has 1 amide bonds. The average Bonchev–Trinajstić information content (AvgIpc) is 2.93. The summed E-state index contributed by atoms with van der Waals surface area (Å²) in [6, 6.07) is 1.79. The molecule has 2 aromatic rings. The van der Waals surface area contributed by atoms with Crippen molar-refractivity contribution in [1.29, 1.82) is 0 Å². The van der Waals surface area contributed by atoms with Crippen LogP contribution in [-0.2, 0) is 0 Å². The number of likely N-dealkylation sites (tertiary alicyclic amines) is 1. The number of aromatic nitrogens is 3. The summed E-state index contributed by atoms with van der Waals surface area (Å²) in [4.78, 5) is 35.8. The second-order valence-electron chi connectivity index (χ2n) is 5.19. The molecule has 1 fully saturated rings. The fourth-order valence-electron chi connectivity index (χ4n) is 2.69. The molecule has 1 aliphatic rings. The first-order valence-corrected chi connectivity index (χ1v) is 6.89. The van der Waals surface area contributed by atoms with Crippen LogP contribution < -0.4 is 5.69 Å². The van der Waals surface area contributed by atoms with Crippen molar-refractivity contribution >= 4 is 5.91 Å². The van der Waals surface area contributed by atoms with Crippen molar-refractivity contribution in [2.75, 3.05) is 13.1 Å². The van der Waals surface area contributed by atoms with Gasteiger partial charge in [-0.15, -0.1) is 0 Å². The zero-order valence-corrected chi connectivity index (χ0v) is 11.7. The molecule has 0 spiro atoms. The fraction of sp³-hybridized carbons (Fsp3) is 0.429. The molecule has 3 rings (SSSR count). The number of nitrogens with zero attached hydrogens (tertiary/aromatic N) is 3. The number of rotatable bonds is 2. The SMILES string of the molecule is Cc1ncoc1C(=O)N1CCC[C@@H](c2ccnc(=O)[nH]2)C1. The van der Waals surface area contributed by atoms with E-state index in [1.807, 2.05) is 0 Å². The largest absolute Gasteiger partial charge is 0.438 e. The summed E-state index contributed by atoms with van der Waals surface area (Å²) in [5.74, 6) is 0.256. The number of hydrogen-bond acceptors (Lipinski definition) is 5. The van der Waals surface area contributed by atoms with Gasteiger partial charge in [0.05, 0.1) is 5.69 Å². The van der Waals surface area contributed by atoms with E-state index in [1.165, 1.54) is 12.6 Å². The smallest absolute Gasteiger partial charge is 0.345 e. The molecule has 3 heterocycles. The zero-order valence-electron chi connectivity index (χ0n) is 11.7. The molecule has 0 bridgehead atoms. The number of carbonyl (C=O) groups excluding carboxylic acids is 1. The van der Waals surface area contributed by atoms with Crippen LogP contribution >= 0.6 is 0 Å². The lowest BCUT2D eigenvalue weighted by molar-refractivity contribution is 0.0672. The maximum Gasteiger partial charge on any atom is 0.345 e. The minimum atomic E-state index is -0.359. The van der Waals surface area contributed by atoms with Gasteiger partial charge >= 0.3 is 5.69 Å². The second-order valence-corrected chi connectivity index (χ2v) is 5.19. The van der Waals surface area contributed by atoms with E-state index in [0.717, 1.165) is 18.5 Å². The van der Waals surface area contributed by atoms with Gasteiger partial charge in [0.15, 0.2) is 6.39 Å². The van der Waals surface area contributed by atoms with Gasteiger partial charge in [0.2, 0.25) is 5.76 Å². The Labute approximate surface area is 121 Å². The van der Waals surface area contributed by atoms with Crippen molar-refractivity contribution in [3.8, 4) is 0 Å². The monoisotopic (exact) mass is 288 g/mol. The minimum absolute atomic E-state index is 0.113. The van der Waals surface area contributed by atoms with Gasteiger partial charge in [0.1, 0.15) is 0 Å². The Morgan fingerprint density at radius 2 is 2.33 bits per heavy atom. The lowest BCUT2D eigenvalue weighted by Gasteiger charge is -2.32. The molecule has 21 heavy (non-hydrogen) atoms. The van der Waals surface area contributed by atoms with Crippen LogP contribution in [0.15, 0.2) is 27.9 Å². The highest BCUT2D eigenvalue weighted by molar-refractivity contribution is 5.92. The fourth-order valence-corrected chi connectivity index (χ4v) is 2.69. The summed E-state index contributed by atoms with van der Waals surface area (Å²) in [5.41, 5.74) is 1.06. The third-order valence-electron chi connectivity index (χ3n) is 3.79. The predicted octanol–water partition coefficient (Wildman–Crippen LogP) is 1.09. The van der Waals surface area contributed by atoms with Gasteiger partial charge in [-0.2, -0.15) is 0 Å². The first kappa shape index (κ1) is 13.5. The Morgan fingerprint density at radius 3 is 3.05 bits per heavy atom. The van der Waals surface area contributed by atoms with Gasteiger partial charge in [0, 0.05) is 30.9 Å². The second kappa shape index (κ2) is 5.51. The molecule has 1 atom stereocenters. The summed E-state index contributed by atoms with van der Waals surface area (Å²) < 4.78 is 5.17. The molecule has 7 nitrogen and oxygen atoms in total. The molecule has 0 unspecified atom stereocenters. The van der Waals surface area contributed by atoms with E-state index >= 15 is 0 Å². The number of hydrogen-bond donors (Lipinski definition) is 1. The minimum Gasteiger partial charge on any atom is -0.438 e. The van der Waals surface area contributed by atoms with Gasteiger partial charge in [-0.1, -0.05) is 0 Å². The highest BCUT2D eigenvalue weighted by Crippen LogP contribution is 2.26. The van der Waals surface area contributed by atoms with E-state index in [-0.39, 0.29) is 17.5 Å². The number of aromatic amines is 1. The molecule has 1 aliphatic heterocycles. The molecule has 110 valence electrons. The van der Waals surface area contributed by atoms with Gasteiger partial charge in [-0.25, -0.2) is 14.8 Å². The van der Waals surface area contributed by atoms with Crippen LogP contribution in [0.4, 0.5) is 0 Å². The van der Waals surface area contributed by atoms with Crippen molar-refractivity contribution in [1.82, 2.24) is 19.9 Å². The predicted molar refractivity (Wildman–Crippen MR) is 74.0 cm³/mol. The lowest BCUT2D eigenvalue weighted by atomic mass is 9.94. The third-order valence-corrected chi connectivity index (χ3v) is 3.79. The van der Waals surface area contributed by atoms with Crippen LogP contribution in [0.2, 0.25) is 0 Å². The van der Waals surface area contributed by atoms with Crippen LogP contribution in [0.5, 0.6) is 0 Å². The molecule has 7 heteroatoms. The van der Waals surface area contributed by atoms with Crippen molar-refractivity contribution < 1.29 is 9.21 Å². The molecule has 2 aromatic heterocycles. The van der Waals surface area contributed by atoms with E-state index in [0.29, 0.717) is 24.5 Å². The van der Waals surface area contributed by atoms with Crippen LogP contribution in [0.1, 0.15) is 40.7 Å². The Morgan fingerprint density at radius 1 is 1.48 bits per heavy atom. The summed E-state index contributed by atoms with van der Waals surface area (Å²) in [7, 11) is 0. The van der Waals surface area contributed by atoms with Gasteiger partial charge < -0.3 is 14.3 Å². The number of amides is 1. The van der Waals surface area contributed by atoms with Crippen molar-refractivity contribution in [3.63, 3.8) is 0 Å². The van der Waals surface area contributed by atoms with Gasteiger partial charge in [-0.05, 0) is 25.8 Å². The summed E-state index contributed by atoms with van der Waals surface area (Å²) in [6.07, 6.45) is 4.59. The Kier molecular flexibility index (Phi) is 3.55. The molecule has 0 aliphatic carbocycles. The number of aryl methyl sites for hydroxylation is 1. The van der Waals surface area contributed by atoms with Crippen LogP contribution in [-0.4, -0.2) is 38.8 Å². The van der Waals surface area contributed by atoms with Gasteiger partial charge in [-0.3, -0.25) is 4.79 Å². The quantitative estimate of drug-likeness (QED) is 0.893. The molecule has 1 saturated heterocycles. The first-order chi connectivity index (χ1) is 10.1. The van der Waals surface area contributed by atoms with Crippen LogP contribution in [0, 0.1) is 6.92 Å². The maximum absolute atomic E-state index is 12.4. The number of piperidine rings is 1. The highest BCUT2D eigenvalue weighted by Gasteiger charge is 2.28. The topological polar surface area (TPSA) is 92.1 Å². The summed E-state index contributed by atoms with van der Waals surface area (Å²) in [6.45, 7) is 2.99. The number of nitrogens with one attached hydrogen (secondary N) is 1. The Bertz CT molecular complexity index is 706. The molecule has 0 saturated carbocycles.